The van der Waals surface area contributed by atoms with Crippen LogP contribution in [0.1, 0.15) is 43.4 Å². The molecular formula is C19H23N3O2. The van der Waals surface area contributed by atoms with Crippen LogP contribution < -0.4 is 10.1 Å². The standard InChI is InChI=1S/C19H23N3O2/c23-19(13-8-9-18-14(10-13)12-20-22-18)21-15-4-3-7-17(11-15)24-16-5-1-2-6-16/h3-4,7,11-13,16H,1-2,5-6,8-10H2,(H,20,22)(H,21,23). The van der Waals surface area contributed by atoms with E-state index in [1.807, 2.05) is 30.5 Å². The maximum atomic E-state index is 12.6. The van der Waals surface area contributed by atoms with E-state index in [0.717, 1.165) is 43.5 Å². The van der Waals surface area contributed by atoms with Crippen molar-refractivity contribution in [3.63, 3.8) is 0 Å². The maximum Gasteiger partial charge on any atom is 0.227 e. The molecule has 1 aromatic heterocycles. The number of anilines is 1. The topological polar surface area (TPSA) is 67.0 Å². The monoisotopic (exact) mass is 325 g/mol. The molecule has 1 aromatic carbocycles. The molecule has 24 heavy (non-hydrogen) atoms. The van der Waals surface area contributed by atoms with Crippen molar-refractivity contribution in [2.75, 3.05) is 5.32 Å². The summed E-state index contributed by atoms with van der Waals surface area (Å²) in [5.41, 5.74) is 3.15. The number of aromatic amines is 1. The first kappa shape index (κ1) is 15.2. The molecule has 0 aliphatic heterocycles. The molecule has 0 spiro atoms. The van der Waals surface area contributed by atoms with E-state index in [9.17, 15) is 4.79 Å². The minimum absolute atomic E-state index is 0.00880. The summed E-state index contributed by atoms with van der Waals surface area (Å²) < 4.78 is 6.02. The molecule has 2 aliphatic rings. The molecule has 1 atom stereocenters. The average molecular weight is 325 g/mol. The van der Waals surface area contributed by atoms with Crippen LogP contribution in [0.4, 0.5) is 5.69 Å². The Bertz CT molecular complexity index is 719. The summed E-state index contributed by atoms with van der Waals surface area (Å²) in [5, 5.41) is 10.1. The lowest BCUT2D eigenvalue weighted by atomic mass is 9.87. The van der Waals surface area contributed by atoms with Gasteiger partial charge in [-0.25, -0.2) is 0 Å². The highest BCUT2D eigenvalue weighted by Crippen LogP contribution is 2.27. The molecule has 2 aliphatic carbocycles. The van der Waals surface area contributed by atoms with Crippen molar-refractivity contribution in [2.24, 2.45) is 5.92 Å². The molecule has 0 saturated heterocycles. The maximum absolute atomic E-state index is 12.6. The van der Waals surface area contributed by atoms with Crippen LogP contribution in [-0.4, -0.2) is 22.2 Å². The fourth-order valence-electron chi connectivity index (χ4n) is 3.73. The predicted octanol–water partition coefficient (Wildman–Crippen LogP) is 3.47. The number of carbonyl (C=O) groups excluding carboxylic acids is 1. The van der Waals surface area contributed by atoms with Crippen molar-refractivity contribution in [3.8, 4) is 5.75 Å². The molecule has 5 nitrogen and oxygen atoms in total. The molecule has 2 N–H and O–H groups in total. The van der Waals surface area contributed by atoms with Gasteiger partial charge in [-0.3, -0.25) is 9.89 Å². The molecular weight excluding hydrogens is 302 g/mol. The zero-order chi connectivity index (χ0) is 16.4. The van der Waals surface area contributed by atoms with Gasteiger partial charge in [-0.1, -0.05) is 6.07 Å². The van der Waals surface area contributed by atoms with Crippen LogP contribution in [0, 0.1) is 5.92 Å². The number of fused-ring (bicyclic) bond motifs is 1. The Morgan fingerprint density at radius 3 is 3.00 bits per heavy atom. The van der Waals surface area contributed by atoms with Gasteiger partial charge < -0.3 is 10.1 Å². The summed E-state index contributed by atoms with van der Waals surface area (Å²) in [6.07, 6.45) is 9.43. The molecule has 126 valence electrons. The van der Waals surface area contributed by atoms with Crippen LogP contribution in [0.15, 0.2) is 30.5 Å². The van der Waals surface area contributed by atoms with E-state index in [1.54, 1.807) is 0 Å². The molecule has 1 heterocycles. The number of H-pyrrole nitrogens is 1. The summed E-state index contributed by atoms with van der Waals surface area (Å²) in [5.74, 6) is 0.940. The van der Waals surface area contributed by atoms with E-state index in [2.05, 4.69) is 15.5 Å². The van der Waals surface area contributed by atoms with Gasteiger partial charge in [0.25, 0.3) is 0 Å². The van der Waals surface area contributed by atoms with Crippen LogP contribution in [-0.2, 0) is 17.6 Å². The third-order valence-electron chi connectivity index (χ3n) is 5.09. The first-order chi connectivity index (χ1) is 11.8. The van der Waals surface area contributed by atoms with Gasteiger partial charge in [-0.15, -0.1) is 0 Å². The zero-order valence-electron chi connectivity index (χ0n) is 13.8. The lowest BCUT2D eigenvalue weighted by Gasteiger charge is -2.21. The fraction of sp³-hybridized carbons (Fsp3) is 0.474. The largest absolute Gasteiger partial charge is 0.490 e. The normalized spacial score (nSPS) is 20.6. The highest BCUT2D eigenvalue weighted by molar-refractivity contribution is 5.93. The molecule has 1 saturated carbocycles. The second-order valence-electron chi connectivity index (χ2n) is 6.85. The Morgan fingerprint density at radius 2 is 2.12 bits per heavy atom. The van der Waals surface area contributed by atoms with E-state index < -0.39 is 0 Å². The number of aromatic nitrogens is 2. The van der Waals surface area contributed by atoms with Crippen LogP contribution >= 0.6 is 0 Å². The lowest BCUT2D eigenvalue weighted by Crippen LogP contribution is -2.27. The first-order valence-corrected chi connectivity index (χ1v) is 8.86. The number of hydrogen-bond acceptors (Lipinski definition) is 3. The molecule has 5 heteroatoms. The van der Waals surface area contributed by atoms with Gasteiger partial charge in [-0.2, -0.15) is 5.10 Å². The SMILES string of the molecule is O=C(Nc1cccc(OC2CCCC2)c1)C1CCc2[nH]ncc2C1. The van der Waals surface area contributed by atoms with Crippen molar-refractivity contribution in [1.82, 2.24) is 10.2 Å². The fourth-order valence-corrected chi connectivity index (χ4v) is 3.73. The summed E-state index contributed by atoms with van der Waals surface area (Å²) >= 11 is 0. The van der Waals surface area contributed by atoms with Gasteiger partial charge >= 0.3 is 0 Å². The number of nitrogens with zero attached hydrogens (tertiary/aromatic N) is 1. The van der Waals surface area contributed by atoms with Gasteiger partial charge in [0.2, 0.25) is 5.91 Å². The van der Waals surface area contributed by atoms with E-state index in [-0.39, 0.29) is 11.8 Å². The van der Waals surface area contributed by atoms with Gasteiger partial charge in [0.05, 0.1) is 12.3 Å². The Morgan fingerprint density at radius 1 is 1.25 bits per heavy atom. The average Bonchev–Trinajstić information content (AvgIpc) is 3.25. The zero-order valence-corrected chi connectivity index (χ0v) is 13.8. The number of hydrogen-bond donors (Lipinski definition) is 2. The molecule has 0 bridgehead atoms. The third kappa shape index (κ3) is 3.30. The van der Waals surface area contributed by atoms with Gasteiger partial charge in [0.15, 0.2) is 0 Å². The highest BCUT2D eigenvalue weighted by atomic mass is 16.5. The number of amides is 1. The number of rotatable bonds is 4. The second-order valence-corrected chi connectivity index (χ2v) is 6.85. The number of benzene rings is 1. The number of nitrogens with one attached hydrogen (secondary N) is 2. The number of ether oxygens (including phenoxy) is 1. The lowest BCUT2D eigenvalue weighted by molar-refractivity contribution is -0.120. The van der Waals surface area contributed by atoms with Crippen molar-refractivity contribution < 1.29 is 9.53 Å². The summed E-state index contributed by atoms with van der Waals surface area (Å²) in [4.78, 5) is 12.6. The van der Waals surface area contributed by atoms with Crippen LogP contribution in [0.5, 0.6) is 5.75 Å². The van der Waals surface area contributed by atoms with Gasteiger partial charge in [0, 0.05) is 23.4 Å². The summed E-state index contributed by atoms with van der Waals surface area (Å²) in [7, 11) is 0. The Hall–Kier alpha value is -2.30. The molecule has 0 radical (unpaired) electrons. The Labute approximate surface area is 141 Å². The molecule has 1 fully saturated rings. The number of carbonyl (C=O) groups is 1. The minimum atomic E-state index is 0.00880. The van der Waals surface area contributed by atoms with Crippen molar-refractivity contribution in [1.29, 1.82) is 0 Å². The molecule has 4 rings (SSSR count). The second kappa shape index (κ2) is 6.67. The quantitative estimate of drug-likeness (QED) is 0.904. The first-order valence-electron chi connectivity index (χ1n) is 8.86. The van der Waals surface area contributed by atoms with Crippen molar-refractivity contribution in [2.45, 2.75) is 51.0 Å². The Kier molecular flexibility index (Phi) is 4.24. The number of aryl methyl sites for hydroxylation is 1. The van der Waals surface area contributed by atoms with Gasteiger partial charge in [0.1, 0.15) is 5.75 Å². The Balaban J connectivity index is 1.39. The van der Waals surface area contributed by atoms with Crippen molar-refractivity contribution >= 4 is 11.6 Å². The third-order valence-corrected chi connectivity index (χ3v) is 5.09. The van der Waals surface area contributed by atoms with Crippen LogP contribution in [0.3, 0.4) is 0 Å². The highest BCUT2D eigenvalue weighted by Gasteiger charge is 2.26. The molecule has 1 amide bonds. The summed E-state index contributed by atoms with van der Waals surface area (Å²) in [6.45, 7) is 0. The van der Waals surface area contributed by atoms with E-state index >= 15 is 0 Å². The van der Waals surface area contributed by atoms with Crippen LogP contribution in [0.25, 0.3) is 0 Å². The van der Waals surface area contributed by atoms with E-state index in [0.29, 0.717) is 6.10 Å². The van der Waals surface area contributed by atoms with E-state index in [4.69, 9.17) is 4.74 Å². The molecule has 2 aromatic rings. The molecule has 1 unspecified atom stereocenters. The van der Waals surface area contributed by atoms with Crippen molar-refractivity contribution in [3.05, 3.63) is 41.7 Å². The van der Waals surface area contributed by atoms with Crippen LogP contribution in [0.2, 0.25) is 0 Å². The smallest absolute Gasteiger partial charge is 0.227 e. The predicted molar refractivity (Wildman–Crippen MR) is 92.1 cm³/mol. The minimum Gasteiger partial charge on any atom is -0.490 e. The van der Waals surface area contributed by atoms with Gasteiger partial charge in [-0.05, 0) is 62.6 Å². The summed E-state index contributed by atoms with van der Waals surface area (Å²) in [6, 6.07) is 7.76. The van der Waals surface area contributed by atoms with E-state index in [1.165, 1.54) is 24.1 Å².